The lowest BCUT2D eigenvalue weighted by Crippen LogP contribution is -2.59. The molecule has 5 heteroatoms. The van der Waals surface area contributed by atoms with Crippen LogP contribution in [0.25, 0.3) is 10.9 Å². The van der Waals surface area contributed by atoms with Crippen molar-refractivity contribution < 1.29 is 9.59 Å². The first-order valence-corrected chi connectivity index (χ1v) is 7.70. The van der Waals surface area contributed by atoms with Crippen molar-refractivity contribution in [2.45, 2.75) is 26.3 Å². The molecule has 0 spiro atoms. The molecule has 1 unspecified atom stereocenters. The third-order valence-electron chi connectivity index (χ3n) is 4.22. The Morgan fingerprint density at radius 1 is 1.36 bits per heavy atom. The summed E-state index contributed by atoms with van der Waals surface area (Å²) in [6.45, 7) is 5.06. The number of hydrogen-bond donors (Lipinski definition) is 2. The van der Waals surface area contributed by atoms with Crippen molar-refractivity contribution >= 4 is 22.7 Å². The largest absolute Gasteiger partial charge is 0.361 e. The minimum atomic E-state index is -0.369. The zero-order valence-corrected chi connectivity index (χ0v) is 12.9. The molecule has 2 amide bonds. The zero-order chi connectivity index (χ0) is 15.7. The summed E-state index contributed by atoms with van der Waals surface area (Å²) in [7, 11) is 0. The van der Waals surface area contributed by atoms with Crippen LogP contribution in [0.5, 0.6) is 0 Å². The van der Waals surface area contributed by atoms with Crippen molar-refractivity contribution in [2.75, 3.05) is 13.1 Å². The molecule has 0 bridgehead atoms. The van der Waals surface area contributed by atoms with Crippen molar-refractivity contribution in [3.63, 3.8) is 0 Å². The minimum Gasteiger partial charge on any atom is -0.361 e. The standard InChI is InChI=1S/C17H21N3O2/c1-11(2)16-17(22)18-7-8-20(16)15(21)9-12-10-19-14-6-4-3-5-13(12)14/h3-6,10-11,16,19H,7-9H2,1-2H3,(H,18,22). The van der Waals surface area contributed by atoms with Crippen molar-refractivity contribution in [1.82, 2.24) is 15.2 Å². The number of amides is 2. The fourth-order valence-corrected chi connectivity index (χ4v) is 3.17. The normalized spacial score (nSPS) is 18.8. The second-order valence-electron chi connectivity index (χ2n) is 6.10. The Morgan fingerprint density at radius 3 is 2.91 bits per heavy atom. The number of benzene rings is 1. The third-order valence-corrected chi connectivity index (χ3v) is 4.22. The molecule has 0 saturated carbocycles. The van der Waals surface area contributed by atoms with E-state index in [1.807, 2.05) is 44.3 Å². The van der Waals surface area contributed by atoms with Gasteiger partial charge in [-0.3, -0.25) is 9.59 Å². The first-order valence-electron chi connectivity index (χ1n) is 7.70. The maximum atomic E-state index is 12.7. The lowest BCUT2D eigenvalue weighted by Gasteiger charge is -2.37. The number of aromatic amines is 1. The van der Waals surface area contributed by atoms with Crippen LogP contribution in [0.2, 0.25) is 0 Å². The summed E-state index contributed by atoms with van der Waals surface area (Å²) in [6, 6.07) is 7.57. The minimum absolute atomic E-state index is 0.0123. The van der Waals surface area contributed by atoms with Gasteiger partial charge in [-0.2, -0.15) is 0 Å². The van der Waals surface area contributed by atoms with Crippen molar-refractivity contribution in [1.29, 1.82) is 0 Å². The van der Waals surface area contributed by atoms with Gasteiger partial charge in [-0.1, -0.05) is 32.0 Å². The summed E-state index contributed by atoms with van der Waals surface area (Å²) >= 11 is 0. The van der Waals surface area contributed by atoms with Crippen LogP contribution < -0.4 is 5.32 Å². The third kappa shape index (κ3) is 2.58. The Kier molecular flexibility index (Phi) is 3.88. The number of rotatable bonds is 3. The molecular formula is C17H21N3O2. The summed E-state index contributed by atoms with van der Waals surface area (Å²) in [5.74, 6) is 0.0686. The van der Waals surface area contributed by atoms with E-state index >= 15 is 0 Å². The molecule has 1 aliphatic rings. The van der Waals surface area contributed by atoms with Crippen LogP contribution in [0.15, 0.2) is 30.5 Å². The van der Waals surface area contributed by atoms with E-state index in [9.17, 15) is 9.59 Å². The average Bonchev–Trinajstić information content (AvgIpc) is 2.90. The molecule has 2 heterocycles. The number of hydrogen-bond acceptors (Lipinski definition) is 2. The molecule has 1 aromatic heterocycles. The second kappa shape index (κ2) is 5.83. The summed E-state index contributed by atoms with van der Waals surface area (Å²) in [6.07, 6.45) is 2.21. The molecule has 22 heavy (non-hydrogen) atoms. The number of carbonyl (C=O) groups excluding carboxylic acids is 2. The summed E-state index contributed by atoms with van der Waals surface area (Å²) < 4.78 is 0. The fourth-order valence-electron chi connectivity index (χ4n) is 3.17. The number of nitrogens with zero attached hydrogens (tertiary/aromatic N) is 1. The van der Waals surface area contributed by atoms with Crippen molar-refractivity contribution in [3.05, 3.63) is 36.0 Å². The van der Waals surface area contributed by atoms with Gasteiger partial charge in [-0.15, -0.1) is 0 Å². The SMILES string of the molecule is CC(C)C1C(=O)NCCN1C(=O)Cc1c[nH]c2ccccc12. The molecule has 1 atom stereocenters. The second-order valence-corrected chi connectivity index (χ2v) is 6.10. The van der Waals surface area contributed by atoms with Gasteiger partial charge in [0.25, 0.3) is 0 Å². The van der Waals surface area contributed by atoms with Crippen LogP contribution in [-0.2, 0) is 16.0 Å². The monoisotopic (exact) mass is 299 g/mol. The Bertz CT molecular complexity index is 705. The van der Waals surface area contributed by atoms with Gasteiger partial charge >= 0.3 is 0 Å². The Balaban J connectivity index is 1.82. The molecule has 1 fully saturated rings. The van der Waals surface area contributed by atoms with Gasteiger partial charge in [0.2, 0.25) is 11.8 Å². The van der Waals surface area contributed by atoms with Crippen LogP contribution in [-0.4, -0.2) is 40.8 Å². The highest BCUT2D eigenvalue weighted by atomic mass is 16.2. The molecule has 1 aromatic carbocycles. The smallest absolute Gasteiger partial charge is 0.243 e. The predicted octanol–water partition coefficient (Wildman–Crippen LogP) is 1.69. The van der Waals surface area contributed by atoms with Gasteiger partial charge < -0.3 is 15.2 Å². The number of aromatic nitrogens is 1. The molecule has 2 N–H and O–H groups in total. The predicted molar refractivity (Wildman–Crippen MR) is 85.4 cm³/mol. The van der Waals surface area contributed by atoms with Gasteiger partial charge in [0.05, 0.1) is 6.42 Å². The van der Waals surface area contributed by atoms with Gasteiger partial charge in [-0.05, 0) is 17.5 Å². The quantitative estimate of drug-likeness (QED) is 0.906. The molecule has 5 nitrogen and oxygen atoms in total. The van der Waals surface area contributed by atoms with Gasteiger partial charge in [-0.25, -0.2) is 0 Å². The van der Waals surface area contributed by atoms with Crippen LogP contribution in [0.4, 0.5) is 0 Å². The summed E-state index contributed by atoms with van der Waals surface area (Å²) in [5, 5.41) is 3.92. The number of piperazine rings is 1. The Labute approximate surface area is 129 Å². The molecule has 1 aliphatic heterocycles. The molecule has 0 radical (unpaired) electrons. The van der Waals surface area contributed by atoms with Gasteiger partial charge in [0.1, 0.15) is 6.04 Å². The molecule has 2 aromatic rings. The molecule has 1 saturated heterocycles. The maximum absolute atomic E-state index is 12.7. The zero-order valence-electron chi connectivity index (χ0n) is 12.9. The van der Waals surface area contributed by atoms with E-state index in [0.717, 1.165) is 16.5 Å². The van der Waals surface area contributed by atoms with E-state index in [-0.39, 0.29) is 23.8 Å². The topological polar surface area (TPSA) is 65.2 Å². The maximum Gasteiger partial charge on any atom is 0.243 e. The molecule has 116 valence electrons. The van der Waals surface area contributed by atoms with Gasteiger partial charge in [0.15, 0.2) is 0 Å². The van der Waals surface area contributed by atoms with Crippen LogP contribution in [0.1, 0.15) is 19.4 Å². The van der Waals surface area contributed by atoms with Gasteiger partial charge in [0, 0.05) is 30.2 Å². The lowest BCUT2D eigenvalue weighted by molar-refractivity contribution is -0.144. The fraction of sp³-hybridized carbons (Fsp3) is 0.412. The number of nitrogens with one attached hydrogen (secondary N) is 2. The van der Waals surface area contributed by atoms with Crippen molar-refractivity contribution in [3.8, 4) is 0 Å². The summed E-state index contributed by atoms with van der Waals surface area (Å²) in [4.78, 5) is 29.7. The van der Waals surface area contributed by atoms with E-state index in [1.165, 1.54) is 0 Å². The number of fused-ring (bicyclic) bond motifs is 1. The first-order chi connectivity index (χ1) is 10.6. The number of H-pyrrole nitrogens is 1. The van der Waals surface area contributed by atoms with Crippen LogP contribution >= 0.6 is 0 Å². The molecule has 3 rings (SSSR count). The Morgan fingerprint density at radius 2 is 2.14 bits per heavy atom. The van der Waals surface area contributed by atoms with Crippen molar-refractivity contribution in [2.24, 2.45) is 5.92 Å². The number of para-hydroxylation sites is 1. The Hall–Kier alpha value is -2.30. The van der Waals surface area contributed by atoms with Crippen LogP contribution in [0, 0.1) is 5.92 Å². The number of carbonyl (C=O) groups is 2. The molecular weight excluding hydrogens is 278 g/mol. The van der Waals surface area contributed by atoms with E-state index in [4.69, 9.17) is 0 Å². The van der Waals surface area contributed by atoms with Crippen LogP contribution in [0.3, 0.4) is 0 Å². The summed E-state index contributed by atoms with van der Waals surface area (Å²) in [5.41, 5.74) is 2.01. The van der Waals surface area contributed by atoms with E-state index in [0.29, 0.717) is 19.5 Å². The highest BCUT2D eigenvalue weighted by Gasteiger charge is 2.35. The lowest BCUT2D eigenvalue weighted by atomic mass is 9.98. The van der Waals surface area contributed by atoms with E-state index in [2.05, 4.69) is 10.3 Å². The molecule has 0 aliphatic carbocycles. The highest BCUT2D eigenvalue weighted by Crippen LogP contribution is 2.21. The first kappa shape index (κ1) is 14.6. The average molecular weight is 299 g/mol. The van der Waals surface area contributed by atoms with E-state index in [1.54, 1.807) is 4.90 Å². The highest BCUT2D eigenvalue weighted by molar-refractivity contribution is 5.92. The van der Waals surface area contributed by atoms with E-state index < -0.39 is 0 Å².